The lowest BCUT2D eigenvalue weighted by Crippen LogP contribution is -2.33. The monoisotopic (exact) mass is 314 g/mol. The Morgan fingerprint density at radius 2 is 1.64 bits per heavy atom. The van der Waals surface area contributed by atoms with Crippen LogP contribution >= 0.6 is 11.6 Å². The highest BCUT2D eigenvalue weighted by Gasteiger charge is 2.43. The van der Waals surface area contributed by atoms with Crippen molar-refractivity contribution in [3.63, 3.8) is 0 Å². The highest BCUT2D eigenvalue weighted by Crippen LogP contribution is 2.26. The van der Waals surface area contributed by atoms with Gasteiger partial charge < -0.3 is 0 Å². The molecule has 1 heterocycles. The molecule has 0 N–H and O–H groups in total. The van der Waals surface area contributed by atoms with Gasteiger partial charge in [-0.2, -0.15) is 0 Å². The Balaban J connectivity index is 1.86. The van der Waals surface area contributed by atoms with E-state index in [9.17, 15) is 9.59 Å². The van der Waals surface area contributed by atoms with Gasteiger partial charge in [0.15, 0.2) is 0 Å². The maximum Gasteiger partial charge on any atom is 0.332 e. The molecule has 0 spiro atoms. The Bertz CT molecular complexity index is 700. The van der Waals surface area contributed by atoms with E-state index < -0.39 is 6.04 Å². The Kier molecular flexibility index (Phi) is 3.86. The van der Waals surface area contributed by atoms with E-state index in [0.717, 1.165) is 11.3 Å². The summed E-state index contributed by atoms with van der Waals surface area (Å²) in [5, 5.41) is 0.627. The molecule has 112 valence electrons. The molecule has 3 amide bonds. The minimum absolute atomic E-state index is 0.191. The van der Waals surface area contributed by atoms with Gasteiger partial charge in [0.25, 0.3) is 5.91 Å². The van der Waals surface area contributed by atoms with Crippen LogP contribution in [0.1, 0.15) is 12.5 Å². The molecule has 0 bridgehead atoms. The first-order chi connectivity index (χ1) is 10.6. The minimum atomic E-state index is -0.498. The van der Waals surface area contributed by atoms with Gasteiger partial charge in [-0.25, -0.2) is 4.79 Å². The number of anilines is 1. The lowest BCUT2D eigenvalue weighted by atomic mass is 10.2. The topological polar surface area (TPSA) is 40.6 Å². The highest BCUT2D eigenvalue weighted by molar-refractivity contribution is 6.30. The zero-order valence-electron chi connectivity index (χ0n) is 12.1. The van der Waals surface area contributed by atoms with Crippen LogP contribution in [0.2, 0.25) is 5.02 Å². The van der Waals surface area contributed by atoms with Gasteiger partial charge in [0, 0.05) is 10.7 Å². The maximum absolute atomic E-state index is 12.6. The lowest BCUT2D eigenvalue weighted by molar-refractivity contribution is -0.127. The Hall–Kier alpha value is -2.33. The van der Waals surface area contributed by atoms with Crippen molar-refractivity contribution in [2.45, 2.75) is 19.5 Å². The van der Waals surface area contributed by atoms with Crippen molar-refractivity contribution in [1.82, 2.24) is 4.90 Å². The highest BCUT2D eigenvalue weighted by atomic mass is 35.5. The Morgan fingerprint density at radius 3 is 2.27 bits per heavy atom. The molecule has 4 nitrogen and oxygen atoms in total. The van der Waals surface area contributed by atoms with Gasteiger partial charge in [0.1, 0.15) is 6.04 Å². The van der Waals surface area contributed by atoms with Gasteiger partial charge in [-0.3, -0.25) is 14.6 Å². The van der Waals surface area contributed by atoms with E-state index in [-0.39, 0.29) is 18.5 Å². The number of hydrogen-bond acceptors (Lipinski definition) is 2. The van der Waals surface area contributed by atoms with E-state index in [2.05, 4.69) is 0 Å². The van der Waals surface area contributed by atoms with Gasteiger partial charge in [-0.1, -0.05) is 41.9 Å². The van der Waals surface area contributed by atoms with E-state index in [1.165, 1.54) is 9.80 Å². The zero-order valence-corrected chi connectivity index (χ0v) is 12.8. The molecule has 0 radical (unpaired) electrons. The Morgan fingerprint density at radius 1 is 1.00 bits per heavy atom. The van der Waals surface area contributed by atoms with E-state index in [1.807, 2.05) is 42.5 Å². The van der Waals surface area contributed by atoms with Crippen LogP contribution in [0.5, 0.6) is 0 Å². The predicted molar refractivity (Wildman–Crippen MR) is 85.8 cm³/mol. The molecular formula is C17H15ClN2O2. The van der Waals surface area contributed by atoms with Crippen LogP contribution in [0.15, 0.2) is 54.6 Å². The second-order valence-corrected chi connectivity index (χ2v) is 5.65. The molecule has 0 saturated carbocycles. The molecule has 1 atom stereocenters. The third-order valence-corrected chi connectivity index (χ3v) is 3.99. The molecule has 2 aromatic carbocycles. The number of benzene rings is 2. The van der Waals surface area contributed by atoms with Crippen molar-refractivity contribution >= 4 is 29.2 Å². The van der Waals surface area contributed by atoms with Gasteiger partial charge >= 0.3 is 6.03 Å². The normalized spacial score (nSPS) is 18.2. The third kappa shape index (κ3) is 2.57. The number of imide groups is 1. The summed E-state index contributed by atoms with van der Waals surface area (Å²) in [7, 11) is 0. The predicted octanol–water partition coefficient (Wildman–Crippen LogP) is 3.70. The largest absolute Gasteiger partial charge is 0.332 e. The van der Waals surface area contributed by atoms with Crippen molar-refractivity contribution in [1.29, 1.82) is 0 Å². The molecule has 2 aromatic rings. The van der Waals surface area contributed by atoms with E-state index in [0.29, 0.717) is 5.02 Å². The third-order valence-electron chi connectivity index (χ3n) is 3.74. The fourth-order valence-corrected chi connectivity index (χ4v) is 2.69. The van der Waals surface area contributed by atoms with Crippen LogP contribution in [-0.4, -0.2) is 22.9 Å². The van der Waals surface area contributed by atoms with Crippen molar-refractivity contribution < 1.29 is 9.59 Å². The lowest BCUT2D eigenvalue weighted by Gasteiger charge is -2.19. The summed E-state index contributed by atoms with van der Waals surface area (Å²) in [6.45, 7) is 2.00. The summed E-state index contributed by atoms with van der Waals surface area (Å²) >= 11 is 5.86. The van der Waals surface area contributed by atoms with E-state index >= 15 is 0 Å². The number of halogens is 1. The minimum Gasteiger partial charge on any atom is -0.282 e. The molecule has 1 aliphatic rings. The number of nitrogens with zero attached hydrogens (tertiary/aromatic N) is 2. The molecule has 3 rings (SSSR count). The van der Waals surface area contributed by atoms with Crippen molar-refractivity contribution in [3.05, 3.63) is 65.2 Å². The van der Waals surface area contributed by atoms with Gasteiger partial charge in [-0.05, 0) is 36.8 Å². The number of hydrogen-bond donors (Lipinski definition) is 0. The summed E-state index contributed by atoms with van der Waals surface area (Å²) in [6, 6.07) is 15.6. The van der Waals surface area contributed by atoms with Crippen LogP contribution < -0.4 is 4.90 Å². The summed E-state index contributed by atoms with van der Waals surface area (Å²) in [5.74, 6) is -0.191. The van der Waals surface area contributed by atoms with E-state index in [4.69, 9.17) is 11.6 Å². The Labute approximate surface area is 133 Å². The average Bonchev–Trinajstić information content (AvgIpc) is 2.74. The quantitative estimate of drug-likeness (QED) is 0.811. The molecule has 1 unspecified atom stereocenters. The number of para-hydroxylation sites is 1. The summed E-state index contributed by atoms with van der Waals surface area (Å²) < 4.78 is 0. The fraction of sp³-hybridized carbons (Fsp3) is 0.176. The summed E-state index contributed by atoms with van der Waals surface area (Å²) in [5.41, 5.74) is 1.60. The second-order valence-electron chi connectivity index (χ2n) is 5.21. The molecule has 1 saturated heterocycles. The molecule has 1 fully saturated rings. The van der Waals surface area contributed by atoms with Crippen LogP contribution in [0, 0.1) is 0 Å². The standard InChI is InChI=1S/C17H15ClN2O2/c1-12-16(21)19(11-13-7-9-14(18)10-8-13)17(22)20(12)15-5-3-2-4-6-15/h2-10,12H,11H2,1H3. The molecular weight excluding hydrogens is 300 g/mol. The van der Waals surface area contributed by atoms with Crippen LogP contribution in [-0.2, 0) is 11.3 Å². The molecule has 5 heteroatoms. The second kappa shape index (κ2) is 5.81. The fourth-order valence-electron chi connectivity index (χ4n) is 2.57. The van der Waals surface area contributed by atoms with E-state index in [1.54, 1.807) is 19.1 Å². The van der Waals surface area contributed by atoms with Crippen LogP contribution in [0.4, 0.5) is 10.5 Å². The number of rotatable bonds is 3. The number of urea groups is 1. The molecule has 0 aliphatic carbocycles. The van der Waals surface area contributed by atoms with Crippen molar-refractivity contribution in [2.75, 3.05) is 4.90 Å². The maximum atomic E-state index is 12.6. The molecule has 1 aliphatic heterocycles. The van der Waals surface area contributed by atoms with Gasteiger partial charge in [0.05, 0.1) is 6.54 Å². The van der Waals surface area contributed by atoms with Gasteiger partial charge in [0.2, 0.25) is 0 Å². The number of amides is 3. The first-order valence-electron chi connectivity index (χ1n) is 7.02. The SMILES string of the molecule is CC1C(=O)N(Cc2ccc(Cl)cc2)C(=O)N1c1ccccc1. The molecule has 22 heavy (non-hydrogen) atoms. The average molecular weight is 315 g/mol. The van der Waals surface area contributed by atoms with Crippen molar-refractivity contribution in [3.8, 4) is 0 Å². The summed E-state index contributed by atoms with van der Waals surface area (Å²) in [6.07, 6.45) is 0. The zero-order chi connectivity index (χ0) is 15.7. The van der Waals surface area contributed by atoms with Crippen molar-refractivity contribution in [2.24, 2.45) is 0 Å². The number of carbonyl (C=O) groups is 2. The first kappa shape index (κ1) is 14.6. The first-order valence-corrected chi connectivity index (χ1v) is 7.40. The van der Waals surface area contributed by atoms with Crippen LogP contribution in [0.3, 0.4) is 0 Å². The molecule has 0 aromatic heterocycles. The smallest absolute Gasteiger partial charge is 0.282 e. The van der Waals surface area contributed by atoms with Gasteiger partial charge in [-0.15, -0.1) is 0 Å². The number of carbonyl (C=O) groups excluding carboxylic acids is 2. The van der Waals surface area contributed by atoms with Crippen LogP contribution in [0.25, 0.3) is 0 Å². The summed E-state index contributed by atoms with van der Waals surface area (Å²) in [4.78, 5) is 27.8.